The van der Waals surface area contributed by atoms with E-state index in [1.165, 1.54) is 22.9 Å². The molecule has 8 heteroatoms. The minimum Gasteiger partial charge on any atom is -0.477 e. The fraction of sp³-hybridized carbons (Fsp3) is 0.231. The Balaban J connectivity index is 2.47. The van der Waals surface area contributed by atoms with Crippen LogP contribution in [-0.4, -0.2) is 35.5 Å². The molecule has 0 saturated carbocycles. The van der Waals surface area contributed by atoms with E-state index in [1.807, 2.05) is 0 Å². The predicted octanol–water partition coefficient (Wildman–Crippen LogP) is 1.62. The van der Waals surface area contributed by atoms with Crippen LogP contribution in [0.1, 0.15) is 16.1 Å². The van der Waals surface area contributed by atoms with Crippen LogP contribution in [-0.2, 0) is 16.9 Å². The Kier molecular flexibility index (Phi) is 3.73. The van der Waals surface area contributed by atoms with Crippen LogP contribution in [0.4, 0.5) is 0 Å². The second kappa shape index (κ2) is 5.21. The average molecular weight is 310 g/mol. The molecule has 0 aliphatic carbocycles. The van der Waals surface area contributed by atoms with Gasteiger partial charge in [-0.15, -0.1) is 0 Å². The lowest BCUT2D eigenvalue weighted by atomic mass is 10.2. The van der Waals surface area contributed by atoms with Crippen LogP contribution in [0.2, 0.25) is 0 Å². The number of carboxylic acids is 1. The van der Waals surface area contributed by atoms with Crippen molar-refractivity contribution in [2.75, 3.05) is 6.26 Å². The molecule has 0 aliphatic rings. The summed E-state index contributed by atoms with van der Waals surface area (Å²) in [5.41, 5.74) is 0.265. The first-order valence-corrected chi connectivity index (χ1v) is 7.84. The highest BCUT2D eigenvalue weighted by Gasteiger charge is 2.22. The smallest absolute Gasteiger partial charge is 0.343 e. The van der Waals surface area contributed by atoms with Crippen molar-refractivity contribution < 1.29 is 23.1 Å². The highest BCUT2D eigenvalue weighted by Crippen LogP contribution is 2.28. The highest BCUT2D eigenvalue weighted by atomic mass is 32.2. The number of aromatic nitrogens is 2. The third-order valence-electron chi connectivity index (χ3n) is 2.83. The number of ether oxygens (including phenoxy) is 1. The van der Waals surface area contributed by atoms with E-state index in [1.54, 1.807) is 20.0 Å². The van der Waals surface area contributed by atoms with Crippen LogP contribution in [0.3, 0.4) is 0 Å². The van der Waals surface area contributed by atoms with Gasteiger partial charge in [-0.25, -0.2) is 17.9 Å². The lowest BCUT2D eigenvalue weighted by Gasteiger charge is -2.08. The Hall–Kier alpha value is -2.35. The Labute approximate surface area is 121 Å². The van der Waals surface area contributed by atoms with Crippen molar-refractivity contribution in [1.29, 1.82) is 0 Å². The van der Waals surface area contributed by atoms with Crippen molar-refractivity contribution in [2.45, 2.75) is 11.8 Å². The number of benzene rings is 1. The monoisotopic (exact) mass is 310 g/mol. The number of aromatic carboxylic acids is 1. The molecule has 112 valence electrons. The van der Waals surface area contributed by atoms with E-state index in [2.05, 4.69) is 5.10 Å². The van der Waals surface area contributed by atoms with Gasteiger partial charge in [-0.1, -0.05) is 6.07 Å². The fourth-order valence-corrected chi connectivity index (χ4v) is 2.54. The van der Waals surface area contributed by atoms with Crippen molar-refractivity contribution in [3.8, 4) is 11.6 Å². The van der Waals surface area contributed by atoms with E-state index >= 15 is 0 Å². The van der Waals surface area contributed by atoms with Gasteiger partial charge in [0.25, 0.3) is 0 Å². The topological polar surface area (TPSA) is 98.5 Å². The van der Waals surface area contributed by atoms with Gasteiger partial charge >= 0.3 is 5.97 Å². The zero-order valence-electron chi connectivity index (χ0n) is 11.7. The standard InChI is InChI=1S/C13H14N2O5S/c1-8-11(13(16)17)12(15(2)14-8)20-9-5-4-6-10(7-9)21(3,18)19/h4-7H,1-3H3,(H,16,17). The fourth-order valence-electron chi connectivity index (χ4n) is 1.88. The zero-order valence-corrected chi connectivity index (χ0v) is 12.5. The highest BCUT2D eigenvalue weighted by molar-refractivity contribution is 7.90. The number of nitrogens with zero attached hydrogens (tertiary/aromatic N) is 2. The molecule has 1 aromatic heterocycles. The number of hydrogen-bond acceptors (Lipinski definition) is 5. The van der Waals surface area contributed by atoms with E-state index in [4.69, 9.17) is 4.74 Å². The first kappa shape index (κ1) is 15.0. The van der Waals surface area contributed by atoms with Crippen LogP contribution >= 0.6 is 0 Å². The van der Waals surface area contributed by atoms with Crippen LogP contribution in [0, 0.1) is 6.92 Å². The van der Waals surface area contributed by atoms with Gasteiger partial charge in [0.15, 0.2) is 9.84 Å². The summed E-state index contributed by atoms with van der Waals surface area (Å²) in [6.45, 7) is 1.56. The van der Waals surface area contributed by atoms with Crippen molar-refractivity contribution in [3.05, 3.63) is 35.5 Å². The van der Waals surface area contributed by atoms with Crippen LogP contribution < -0.4 is 4.74 Å². The van der Waals surface area contributed by atoms with Gasteiger partial charge in [-0.3, -0.25) is 0 Å². The maximum atomic E-state index is 11.5. The minimum absolute atomic E-state index is 0.0469. The molecule has 7 nitrogen and oxygen atoms in total. The first-order chi connectivity index (χ1) is 9.70. The molecule has 1 heterocycles. The van der Waals surface area contributed by atoms with E-state index in [-0.39, 0.29) is 22.1 Å². The molecule has 1 N–H and O–H groups in total. The molecule has 0 unspecified atom stereocenters. The summed E-state index contributed by atoms with van der Waals surface area (Å²) < 4.78 is 29.8. The molecule has 2 rings (SSSR count). The SMILES string of the molecule is Cc1nn(C)c(Oc2cccc(S(C)(=O)=O)c2)c1C(=O)O. The maximum Gasteiger partial charge on any atom is 0.343 e. The van der Waals surface area contributed by atoms with Gasteiger partial charge in [-0.2, -0.15) is 5.10 Å². The van der Waals surface area contributed by atoms with Crippen LogP contribution in [0.5, 0.6) is 11.6 Å². The van der Waals surface area contributed by atoms with Crippen LogP contribution in [0.15, 0.2) is 29.2 Å². The van der Waals surface area contributed by atoms with Gasteiger partial charge in [0.2, 0.25) is 5.88 Å². The lowest BCUT2D eigenvalue weighted by Crippen LogP contribution is -2.02. The Morgan fingerprint density at radius 1 is 1.38 bits per heavy atom. The number of sulfone groups is 1. The number of carbonyl (C=O) groups is 1. The summed E-state index contributed by atoms with van der Waals surface area (Å²) in [7, 11) is -1.82. The molecule has 0 amide bonds. The zero-order chi connectivity index (χ0) is 15.8. The van der Waals surface area contributed by atoms with Crippen LogP contribution in [0.25, 0.3) is 0 Å². The Bertz CT molecular complexity index is 808. The van der Waals surface area contributed by atoms with Crippen molar-refractivity contribution in [2.24, 2.45) is 7.05 Å². The Morgan fingerprint density at radius 3 is 2.62 bits per heavy atom. The average Bonchev–Trinajstić information content (AvgIpc) is 2.63. The minimum atomic E-state index is -3.37. The maximum absolute atomic E-state index is 11.5. The second-order valence-electron chi connectivity index (χ2n) is 4.54. The summed E-state index contributed by atoms with van der Waals surface area (Å²) in [6.07, 6.45) is 1.09. The molecule has 0 spiro atoms. The number of rotatable bonds is 4. The van der Waals surface area contributed by atoms with E-state index in [9.17, 15) is 18.3 Å². The van der Waals surface area contributed by atoms with E-state index in [0.717, 1.165) is 6.26 Å². The summed E-state index contributed by atoms with van der Waals surface area (Å²) in [5, 5.41) is 13.2. The summed E-state index contributed by atoms with van der Waals surface area (Å²) in [4.78, 5) is 11.3. The Morgan fingerprint density at radius 2 is 2.05 bits per heavy atom. The van der Waals surface area contributed by atoms with Gasteiger partial charge in [0.05, 0.1) is 10.6 Å². The summed E-state index contributed by atoms with van der Waals surface area (Å²) in [6, 6.07) is 5.84. The summed E-state index contributed by atoms with van der Waals surface area (Å²) >= 11 is 0. The molecule has 0 saturated heterocycles. The molecule has 0 fully saturated rings. The molecule has 0 bridgehead atoms. The number of hydrogen-bond donors (Lipinski definition) is 1. The molecule has 0 atom stereocenters. The van der Waals surface area contributed by atoms with Crippen molar-refractivity contribution in [1.82, 2.24) is 9.78 Å². The van der Waals surface area contributed by atoms with Crippen molar-refractivity contribution in [3.63, 3.8) is 0 Å². The number of aryl methyl sites for hydroxylation is 2. The molecular formula is C13H14N2O5S. The third-order valence-corrected chi connectivity index (χ3v) is 3.94. The largest absolute Gasteiger partial charge is 0.477 e. The number of carboxylic acid groups (broad SMARTS) is 1. The molecular weight excluding hydrogens is 296 g/mol. The molecule has 21 heavy (non-hydrogen) atoms. The van der Waals surface area contributed by atoms with E-state index in [0.29, 0.717) is 5.69 Å². The second-order valence-corrected chi connectivity index (χ2v) is 6.56. The quantitative estimate of drug-likeness (QED) is 0.921. The van der Waals surface area contributed by atoms with Crippen molar-refractivity contribution >= 4 is 15.8 Å². The summed E-state index contributed by atoms with van der Waals surface area (Å²) in [5.74, 6) is -0.885. The van der Waals surface area contributed by atoms with Gasteiger partial charge in [-0.05, 0) is 25.1 Å². The van der Waals surface area contributed by atoms with Gasteiger partial charge < -0.3 is 9.84 Å². The third kappa shape index (κ3) is 3.05. The normalized spacial score (nSPS) is 11.4. The molecule has 2 aromatic rings. The predicted molar refractivity (Wildman–Crippen MR) is 74.5 cm³/mol. The van der Waals surface area contributed by atoms with Gasteiger partial charge in [0.1, 0.15) is 11.3 Å². The first-order valence-electron chi connectivity index (χ1n) is 5.95. The molecule has 1 aromatic carbocycles. The molecule has 0 aliphatic heterocycles. The van der Waals surface area contributed by atoms with Gasteiger partial charge in [0, 0.05) is 13.3 Å². The molecule has 0 radical (unpaired) electrons. The van der Waals surface area contributed by atoms with E-state index < -0.39 is 15.8 Å². The lowest BCUT2D eigenvalue weighted by molar-refractivity contribution is 0.0693.